The Labute approximate surface area is 192 Å². The number of hydrogen-bond acceptors (Lipinski definition) is 6. The van der Waals surface area contributed by atoms with Crippen LogP contribution in [0.4, 0.5) is 0 Å². The monoisotopic (exact) mass is 463 g/mol. The van der Waals surface area contributed by atoms with Crippen molar-refractivity contribution < 1.29 is 17.9 Å². The minimum absolute atomic E-state index is 0.0245. The van der Waals surface area contributed by atoms with Crippen LogP contribution < -0.4 is 4.74 Å². The van der Waals surface area contributed by atoms with E-state index in [0.717, 1.165) is 23.8 Å². The highest BCUT2D eigenvalue weighted by molar-refractivity contribution is 7.91. The summed E-state index contributed by atoms with van der Waals surface area (Å²) in [5.41, 5.74) is 2.06. The van der Waals surface area contributed by atoms with Gasteiger partial charge < -0.3 is 4.74 Å². The van der Waals surface area contributed by atoms with Gasteiger partial charge in [-0.1, -0.05) is 25.5 Å². The van der Waals surface area contributed by atoms with Crippen LogP contribution in [0.15, 0.2) is 76.8 Å². The summed E-state index contributed by atoms with van der Waals surface area (Å²) in [6.45, 7) is 2.70. The second-order valence-corrected chi connectivity index (χ2v) is 9.73. The van der Waals surface area contributed by atoms with Gasteiger partial charge in [0.1, 0.15) is 5.75 Å². The molecule has 0 fully saturated rings. The number of benzene rings is 2. The summed E-state index contributed by atoms with van der Waals surface area (Å²) in [6.07, 6.45) is 5.97. The maximum absolute atomic E-state index is 12.9. The maximum atomic E-state index is 12.9. The van der Waals surface area contributed by atoms with Crippen LogP contribution in [0, 0.1) is 0 Å². The molecule has 2 aromatic heterocycles. The fraction of sp³-hybridized carbons (Fsp3) is 0.240. The predicted molar refractivity (Wildman–Crippen MR) is 125 cm³/mol. The number of nitrogens with zero attached hydrogens (tertiary/aromatic N) is 2. The van der Waals surface area contributed by atoms with Gasteiger partial charge in [-0.05, 0) is 60.9 Å². The minimum Gasteiger partial charge on any atom is -0.494 e. The van der Waals surface area contributed by atoms with Gasteiger partial charge in [0.15, 0.2) is 11.4 Å². The van der Waals surface area contributed by atoms with Crippen LogP contribution >= 0.6 is 0 Å². The van der Waals surface area contributed by atoms with Crippen LogP contribution in [0.3, 0.4) is 0 Å². The van der Waals surface area contributed by atoms with E-state index in [0.29, 0.717) is 36.4 Å². The third-order valence-electron chi connectivity index (χ3n) is 5.39. The van der Waals surface area contributed by atoms with E-state index in [1.165, 1.54) is 0 Å². The fourth-order valence-electron chi connectivity index (χ4n) is 3.41. The van der Waals surface area contributed by atoms with Crippen molar-refractivity contribution in [2.75, 3.05) is 6.61 Å². The zero-order valence-electron chi connectivity index (χ0n) is 18.3. The fourth-order valence-corrected chi connectivity index (χ4v) is 4.67. The van der Waals surface area contributed by atoms with Crippen molar-refractivity contribution in [1.82, 2.24) is 15.2 Å². The molecule has 1 N–H and O–H groups in total. The van der Waals surface area contributed by atoms with Crippen LogP contribution in [-0.2, 0) is 16.3 Å². The molecular weight excluding hydrogens is 438 g/mol. The molecule has 4 aromatic rings. The summed E-state index contributed by atoms with van der Waals surface area (Å²) in [7, 11) is -3.63. The maximum Gasteiger partial charge on any atom is 0.206 e. The van der Waals surface area contributed by atoms with Crippen LogP contribution in [0.5, 0.6) is 5.75 Å². The molecule has 0 aliphatic carbocycles. The molecule has 0 aliphatic rings. The number of H-pyrrole nitrogens is 1. The molecule has 0 radical (unpaired) electrons. The normalized spacial score (nSPS) is 11.5. The largest absolute Gasteiger partial charge is 0.494 e. The summed E-state index contributed by atoms with van der Waals surface area (Å²) >= 11 is 0. The van der Waals surface area contributed by atoms with E-state index in [-0.39, 0.29) is 15.6 Å². The van der Waals surface area contributed by atoms with E-state index in [1.807, 2.05) is 0 Å². The Morgan fingerprint density at radius 2 is 1.70 bits per heavy atom. The molecule has 8 heteroatoms. The lowest BCUT2D eigenvalue weighted by Crippen LogP contribution is -2.04. The van der Waals surface area contributed by atoms with Gasteiger partial charge in [-0.2, -0.15) is 5.10 Å². The van der Waals surface area contributed by atoms with Gasteiger partial charge >= 0.3 is 0 Å². The minimum atomic E-state index is -3.63. The summed E-state index contributed by atoms with van der Waals surface area (Å²) in [5.74, 6) is 0.632. The van der Waals surface area contributed by atoms with E-state index in [1.54, 1.807) is 67.0 Å². The Kier molecular flexibility index (Phi) is 6.84. The van der Waals surface area contributed by atoms with Crippen molar-refractivity contribution in [3.05, 3.63) is 78.1 Å². The number of fused-ring (bicyclic) bond motifs is 1. The van der Waals surface area contributed by atoms with Crippen LogP contribution in [0.1, 0.15) is 42.1 Å². The number of rotatable bonds is 10. The number of aromatic amines is 1. The van der Waals surface area contributed by atoms with Crippen LogP contribution in [-0.4, -0.2) is 36.0 Å². The molecule has 7 nitrogen and oxygen atoms in total. The zero-order valence-corrected chi connectivity index (χ0v) is 19.1. The number of aromatic nitrogens is 3. The predicted octanol–water partition coefficient (Wildman–Crippen LogP) is 4.79. The van der Waals surface area contributed by atoms with Gasteiger partial charge in [-0.3, -0.25) is 9.89 Å². The average Bonchev–Trinajstić information content (AvgIpc) is 3.31. The number of Topliss-reactive ketones (excluding diaryl/α,β-unsaturated/α-hetero) is 1. The van der Waals surface area contributed by atoms with Gasteiger partial charge in [0, 0.05) is 23.6 Å². The number of hydrogen-bond donors (Lipinski definition) is 1. The molecule has 170 valence electrons. The number of sulfone groups is 1. The summed E-state index contributed by atoms with van der Waals surface area (Å²) < 4.78 is 31.5. The molecule has 0 atom stereocenters. The Hall–Kier alpha value is -3.52. The Morgan fingerprint density at radius 3 is 2.39 bits per heavy atom. The number of nitrogens with one attached hydrogen (secondary N) is 1. The van der Waals surface area contributed by atoms with Gasteiger partial charge in [0.2, 0.25) is 9.84 Å². The number of carbonyl (C=O) groups excluding carboxylic acids is 1. The van der Waals surface area contributed by atoms with Crippen LogP contribution in [0.2, 0.25) is 0 Å². The number of ketones is 1. The lowest BCUT2D eigenvalue weighted by molar-refractivity contribution is 0.0982. The molecule has 0 saturated carbocycles. The number of ether oxygens (including phenoxy) is 1. The molecule has 4 rings (SSSR count). The number of pyridine rings is 1. The molecule has 0 saturated heterocycles. The van der Waals surface area contributed by atoms with Crippen molar-refractivity contribution in [3.8, 4) is 5.75 Å². The molecule has 0 bridgehead atoms. The summed E-state index contributed by atoms with van der Waals surface area (Å²) in [5, 5.41) is 7.46. The number of carbonyl (C=O) groups is 1. The van der Waals surface area contributed by atoms with E-state index < -0.39 is 9.84 Å². The van der Waals surface area contributed by atoms with Crippen molar-refractivity contribution in [1.29, 1.82) is 0 Å². The first-order valence-electron chi connectivity index (χ1n) is 10.9. The molecule has 33 heavy (non-hydrogen) atoms. The van der Waals surface area contributed by atoms with Crippen molar-refractivity contribution in [2.24, 2.45) is 0 Å². The van der Waals surface area contributed by atoms with Gasteiger partial charge in [-0.25, -0.2) is 13.4 Å². The van der Waals surface area contributed by atoms with E-state index in [9.17, 15) is 13.2 Å². The summed E-state index contributed by atoms with van der Waals surface area (Å²) in [4.78, 5) is 17.2. The van der Waals surface area contributed by atoms with Crippen molar-refractivity contribution >= 4 is 26.7 Å². The lowest BCUT2D eigenvalue weighted by atomic mass is 10.0. The Bertz CT molecular complexity index is 1340. The standard InChI is InChI=1S/C25H25N3O4S/c1-2-3-14-32-21-7-11-23(12-8-21)33(30,31)22-9-4-18(5-10-22)6-13-24(29)19-15-20-17-27-28-25(20)26-16-19/h4-5,7-12,15-17H,2-3,6,13-14H2,1H3,(H,26,27,28). The molecule has 0 amide bonds. The lowest BCUT2D eigenvalue weighted by Gasteiger charge is -2.08. The number of aryl methyl sites for hydroxylation is 1. The molecule has 2 aromatic carbocycles. The van der Waals surface area contributed by atoms with Crippen molar-refractivity contribution in [2.45, 2.75) is 42.4 Å². The summed E-state index contributed by atoms with van der Waals surface area (Å²) in [6, 6.07) is 14.9. The highest BCUT2D eigenvalue weighted by atomic mass is 32.2. The van der Waals surface area contributed by atoms with E-state index >= 15 is 0 Å². The highest BCUT2D eigenvalue weighted by Gasteiger charge is 2.18. The molecule has 0 spiro atoms. The third-order valence-corrected chi connectivity index (χ3v) is 7.17. The first-order chi connectivity index (χ1) is 16.0. The van der Waals surface area contributed by atoms with Gasteiger partial charge in [0.25, 0.3) is 0 Å². The van der Waals surface area contributed by atoms with Gasteiger partial charge in [-0.15, -0.1) is 0 Å². The molecule has 0 aliphatic heterocycles. The van der Waals surface area contributed by atoms with E-state index in [2.05, 4.69) is 22.1 Å². The Balaban J connectivity index is 1.39. The van der Waals surface area contributed by atoms with Crippen LogP contribution in [0.25, 0.3) is 11.0 Å². The molecule has 0 unspecified atom stereocenters. The zero-order chi connectivity index (χ0) is 23.3. The SMILES string of the molecule is CCCCOc1ccc(S(=O)(=O)c2ccc(CCC(=O)c3cnc4[nH]ncc4c3)cc2)cc1. The van der Waals surface area contributed by atoms with Crippen molar-refractivity contribution in [3.63, 3.8) is 0 Å². The number of unbranched alkanes of at least 4 members (excludes halogenated alkanes) is 1. The van der Waals surface area contributed by atoms with E-state index in [4.69, 9.17) is 4.74 Å². The topological polar surface area (TPSA) is 102 Å². The average molecular weight is 464 g/mol. The first-order valence-corrected chi connectivity index (χ1v) is 12.3. The molecule has 2 heterocycles. The quantitative estimate of drug-likeness (QED) is 0.268. The molecular formula is C25H25N3O4S. The highest BCUT2D eigenvalue weighted by Crippen LogP contribution is 2.24. The smallest absolute Gasteiger partial charge is 0.206 e. The van der Waals surface area contributed by atoms with Gasteiger partial charge in [0.05, 0.1) is 22.6 Å². The third kappa shape index (κ3) is 5.28. The second kappa shape index (κ2) is 9.95. The first kappa shape index (κ1) is 22.7. The second-order valence-electron chi connectivity index (χ2n) is 7.78. The Morgan fingerprint density at radius 1 is 1.00 bits per heavy atom.